The molecule has 27 heavy (non-hydrogen) atoms. The fraction of sp³-hybridized carbons (Fsp3) is 0.429. The number of carbonyl (C=O) groups excluding carboxylic acids is 2. The summed E-state index contributed by atoms with van der Waals surface area (Å²) in [7, 11) is 1.40. The highest BCUT2D eigenvalue weighted by Gasteiger charge is 2.23. The van der Waals surface area contributed by atoms with Gasteiger partial charge in [0.05, 0.1) is 7.11 Å². The molecule has 3 rings (SSSR count). The Hall–Kier alpha value is -2.10. The van der Waals surface area contributed by atoms with Gasteiger partial charge in [0.2, 0.25) is 0 Å². The number of methoxy groups -OCH3 is 1. The van der Waals surface area contributed by atoms with Gasteiger partial charge in [0, 0.05) is 46.7 Å². The third-order valence-electron chi connectivity index (χ3n) is 4.53. The van der Waals surface area contributed by atoms with Crippen LogP contribution in [0.3, 0.4) is 0 Å². The van der Waals surface area contributed by atoms with Gasteiger partial charge in [0.15, 0.2) is 0 Å². The molecule has 1 aliphatic carbocycles. The lowest BCUT2D eigenvalue weighted by molar-refractivity contribution is -0.149. The highest BCUT2D eigenvalue weighted by molar-refractivity contribution is 7.08. The molecule has 6 heteroatoms. The van der Waals surface area contributed by atoms with E-state index in [0.29, 0.717) is 19.3 Å². The van der Waals surface area contributed by atoms with Crippen LogP contribution in [0, 0.1) is 11.8 Å². The molecule has 1 unspecified atom stereocenters. The van der Waals surface area contributed by atoms with Gasteiger partial charge in [-0.05, 0) is 29.2 Å². The summed E-state index contributed by atoms with van der Waals surface area (Å²) in [5, 5.41) is 8.18. The molecule has 0 saturated carbocycles. The number of ether oxygens (including phenoxy) is 2. The average Bonchev–Trinajstić information content (AvgIpc) is 3.29. The Kier molecular flexibility index (Phi) is 7.08. The highest BCUT2D eigenvalue weighted by Crippen LogP contribution is 2.32. The molecule has 2 aromatic rings. The molecule has 4 nitrogen and oxygen atoms in total. The molecular formula is C21H22O4S2. The Balaban J connectivity index is 1.51. The van der Waals surface area contributed by atoms with Gasteiger partial charge in [-0.1, -0.05) is 24.7 Å². The predicted octanol–water partition coefficient (Wildman–Crippen LogP) is 4.86. The molecule has 0 aromatic carbocycles. The predicted molar refractivity (Wildman–Crippen MR) is 107 cm³/mol. The van der Waals surface area contributed by atoms with E-state index < -0.39 is 0 Å². The monoisotopic (exact) mass is 402 g/mol. The zero-order valence-electron chi connectivity index (χ0n) is 15.3. The molecule has 0 aliphatic heterocycles. The Morgan fingerprint density at radius 3 is 2.41 bits per heavy atom. The molecule has 142 valence electrons. The number of hydrogen-bond acceptors (Lipinski definition) is 6. The molecule has 2 aromatic heterocycles. The molecule has 1 aliphatic rings. The van der Waals surface area contributed by atoms with Gasteiger partial charge in [-0.15, -0.1) is 0 Å². The zero-order chi connectivity index (χ0) is 19.1. The van der Waals surface area contributed by atoms with Crippen LogP contribution in [0.25, 0.3) is 0 Å². The van der Waals surface area contributed by atoms with Gasteiger partial charge >= 0.3 is 11.9 Å². The summed E-state index contributed by atoms with van der Waals surface area (Å²) < 4.78 is 10.4. The van der Waals surface area contributed by atoms with Crippen molar-refractivity contribution in [2.75, 3.05) is 7.11 Å². The van der Waals surface area contributed by atoms with Crippen molar-refractivity contribution in [2.24, 2.45) is 0 Å². The van der Waals surface area contributed by atoms with Crippen LogP contribution in [-0.2, 0) is 25.5 Å². The Labute approximate surface area is 167 Å². The van der Waals surface area contributed by atoms with E-state index in [9.17, 15) is 9.59 Å². The molecular weight excluding hydrogens is 380 g/mol. The van der Waals surface area contributed by atoms with Crippen molar-refractivity contribution in [3.05, 3.63) is 43.8 Å². The minimum absolute atomic E-state index is 0.171. The largest absolute Gasteiger partial charge is 0.469 e. The number of hydrogen-bond donors (Lipinski definition) is 0. The van der Waals surface area contributed by atoms with E-state index in [1.165, 1.54) is 7.11 Å². The first-order chi connectivity index (χ1) is 13.2. The maximum absolute atomic E-state index is 12.4. The van der Waals surface area contributed by atoms with Crippen molar-refractivity contribution in [1.29, 1.82) is 0 Å². The number of unbranched alkanes of at least 4 members (excludes halogenated alkanes) is 3. The van der Waals surface area contributed by atoms with Gasteiger partial charge in [-0.3, -0.25) is 9.59 Å². The van der Waals surface area contributed by atoms with Crippen molar-refractivity contribution >= 4 is 34.6 Å². The summed E-state index contributed by atoms with van der Waals surface area (Å²) in [6, 6.07) is 0. The lowest BCUT2D eigenvalue weighted by atomic mass is 9.97. The van der Waals surface area contributed by atoms with Crippen LogP contribution in [-0.4, -0.2) is 19.0 Å². The molecule has 0 bridgehead atoms. The van der Waals surface area contributed by atoms with Gasteiger partial charge in [-0.25, -0.2) is 0 Å². The van der Waals surface area contributed by atoms with Crippen molar-refractivity contribution < 1.29 is 19.1 Å². The van der Waals surface area contributed by atoms with E-state index in [2.05, 4.69) is 22.0 Å². The Morgan fingerprint density at radius 1 is 0.963 bits per heavy atom. The topological polar surface area (TPSA) is 52.6 Å². The Morgan fingerprint density at radius 2 is 1.63 bits per heavy atom. The first-order valence-corrected chi connectivity index (χ1v) is 11.0. The van der Waals surface area contributed by atoms with Crippen LogP contribution in [0.2, 0.25) is 0 Å². The molecule has 0 fully saturated rings. The molecule has 1 atom stereocenters. The summed E-state index contributed by atoms with van der Waals surface area (Å²) >= 11 is 3.22. The fourth-order valence-corrected chi connectivity index (χ4v) is 4.64. The standard InChI is InChI=1S/C21H22O4S2/c1-24-20(22)6-4-2-3-5-7-21(23)25-19-10-17-13-26-11-15(17)8-9-16-12-27-14-18(16)19/h11-14,19H,2-7,10H2,1H3. The first-order valence-electron chi connectivity index (χ1n) is 9.07. The van der Waals surface area contributed by atoms with Gasteiger partial charge in [-0.2, -0.15) is 22.7 Å². The lowest BCUT2D eigenvalue weighted by Gasteiger charge is -2.19. The van der Waals surface area contributed by atoms with Crippen LogP contribution in [0.15, 0.2) is 21.5 Å². The fourth-order valence-electron chi connectivity index (χ4n) is 3.01. The molecule has 0 amide bonds. The number of thiophene rings is 2. The SMILES string of the molecule is COC(=O)CCCCCCC(=O)OC1Cc2cscc2C#Cc2cscc21. The van der Waals surface area contributed by atoms with Crippen LogP contribution < -0.4 is 0 Å². The van der Waals surface area contributed by atoms with E-state index in [1.807, 2.05) is 16.1 Å². The quantitative estimate of drug-likeness (QED) is 0.359. The van der Waals surface area contributed by atoms with E-state index in [-0.39, 0.29) is 18.0 Å². The second-order valence-electron chi connectivity index (χ2n) is 6.47. The van der Waals surface area contributed by atoms with Crippen molar-refractivity contribution in [3.8, 4) is 11.8 Å². The maximum Gasteiger partial charge on any atom is 0.306 e. The van der Waals surface area contributed by atoms with E-state index in [4.69, 9.17) is 4.74 Å². The van der Waals surface area contributed by atoms with Gasteiger partial charge < -0.3 is 9.47 Å². The minimum atomic E-state index is -0.277. The van der Waals surface area contributed by atoms with Crippen LogP contribution in [0.1, 0.15) is 66.9 Å². The Bertz CT molecular complexity index is 853. The highest BCUT2D eigenvalue weighted by atomic mass is 32.1. The molecule has 2 heterocycles. The van der Waals surface area contributed by atoms with Gasteiger partial charge in [0.25, 0.3) is 0 Å². The number of esters is 2. The summed E-state index contributed by atoms with van der Waals surface area (Å²) in [6.07, 6.45) is 4.61. The van der Waals surface area contributed by atoms with Crippen LogP contribution in [0.4, 0.5) is 0 Å². The number of carbonyl (C=O) groups is 2. The summed E-state index contributed by atoms with van der Waals surface area (Å²) in [5.74, 6) is 6.08. The van der Waals surface area contributed by atoms with E-state index in [0.717, 1.165) is 47.9 Å². The average molecular weight is 403 g/mol. The summed E-state index contributed by atoms with van der Waals surface area (Å²) in [6.45, 7) is 0. The summed E-state index contributed by atoms with van der Waals surface area (Å²) in [4.78, 5) is 23.4. The third-order valence-corrected chi connectivity index (χ3v) is 6.09. The second kappa shape index (κ2) is 9.72. The minimum Gasteiger partial charge on any atom is -0.469 e. The molecule has 0 radical (unpaired) electrons. The van der Waals surface area contributed by atoms with E-state index in [1.54, 1.807) is 22.7 Å². The van der Waals surface area contributed by atoms with Crippen molar-refractivity contribution in [1.82, 2.24) is 0 Å². The smallest absolute Gasteiger partial charge is 0.306 e. The maximum atomic E-state index is 12.4. The molecule has 0 saturated heterocycles. The lowest BCUT2D eigenvalue weighted by Crippen LogP contribution is -2.15. The molecule has 0 spiro atoms. The number of fused-ring (bicyclic) bond motifs is 2. The zero-order valence-corrected chi connectivity index (χ0v) is 16.9. The second-order valence-corrected chi connectivity index (χ2v) is 7.96. The normalized spacial score (nSPS) is 14.8. The third kappa shape index (κ3) is 5.44. The van der Waals surface area contributed by atoms with Crippen LogP contribution in [0.5, 0.6) is 0 Å². The summed E-state index contributed by atoms with van der Waals surface area (Å²) in [5.41, 5.74) is 4.14. The van der Waals surface area contributed by atoms with Crippen molar-refractivity contribution in [3.63, 3.8) is 0 Å². The van der Waals surface area contributed by atoms with Gasteiger partial charge in [0.1, 0.15) is 6.10 Å². The first kappa shape index (κ1) is 19.7. The number of rotatable bonds is 8. The van der Waals surface area contributed by atoms with Crippen molar-refractivity contribution in [2.45, 2.75) is 51.0 Å². The van der Waals surface area contributed by atoms with E-state index >= 15 is 0 Å². The molecule has 0 N–H and O–H groups in total. The van der Waals surface area contributed by atoms with Crippen LogP contribution >= 0.6 is 22.7 Å².